The lowest BCUT2D eigenvalue weighted by Gasteiger charge is -2.26. The minimum Gasteiger partial charge on any atom is -0.374 e. The van der Waals surface area contributed by atoms with Crippen molar-refractivity contribution in [2.75, 3.05) is 5.32 Å². The number of rotatable bonds is 0. The third kappa shape index (κ3) is 1.42. The van der Waals surface area contributed by atoms with E-state index in [-0.39, 0.29) is 6.23 Å². The average molecular weight is 177 g/mol. The number of nitrogens with one attached hydrogen (secondary N) is 1. The highest BCUT2D eigenvalue weighted by Crippen LogP contribution is 2.29. The van der Waals surface area contributed by atoms with Crippen LogP contribution in [0.4, 0.5) is 5.69 Å². The van der Waals surface area contributed by atoms with Crippen molar-refractivity contribution >= 4 is 5.69 Å². The molecule has 1 heterocycles. The fourth-order valence-electron chi connectivity index (χ4n) is 1.91. The molecule has 1 aliphatic heterocycles. The van der Waals surface area contributed by atoms with Gasteiger partial charge in [0.25, 0.3) is 0 Å². The molecule has 2 heteroatoms. The number of hydrogen-bond acceptors (Lipinski definition) is 2. The smallest absolute Gasteiger partial charge is 0.124 e. The van der Waals surface area contributed by atoms with Gasteiger partial charge in [-0.05, 0) is 43.4 Å². The van der Waals surface area contributed by atoms with E-state index in [4.69, 9.17) is 0 Å². The van der Waals surface area contributed by atoms with Gasteiger partial charge in [0.05, 0.1) is 0 Å². The number of aliphatic hydroxyl groups excluding tert-OH is 1. The normalized spacial score (nSPS) is 20.7. The van der Waals surface area contributed by atoms with E-state index in [9.17, 15) is 5.11 Å². The Hall–Kier alpha value is -1.02. The zero-order valence-electron chi connectivity index (χ0n) is 8.09. The molecule has 0 aliphatic carbocycles. The maximum atomic E-state index is 9.46. The molecule has 0 radical (unpaired) electrons. The molecule has 0 amide bonds. The zero-order valence-corrected chi connectivity index (χ0v) is 8.09. The molecule has 0 aromatic heterocycles. The maximum Gasteiger partial charge on any atom is 0.124 e. The Labute approximate surface area is 78.6 Å². The first-order chi connectivity index (χ1) is 6.18. The Morgan fingerprint density at radius 1 is 1.31 bits per heavy atom. The van der Waals surface area contributed by atoms with Gasteiger partial charge < -0.3 is 10.4 Å². The fraction of sp³-hybridized carbons (Fsp3) is 0.455. The van der Waals surface area contributed by atoms with E-state index in [0.717, 1.165) is 18.5 Å². The second-order valence-corrected chi connectivity index (χ2v) is 3.75. The van der Waals surface area contributed by atoms with Crippen LogP contribution in [0.1, 0.15) is 23.1 Å². The predicted molar refractivity (Wildman–Crippen MR) is 53.9 cm³/mol. The van der Waals surface area contributed by atoms with Gasteiger partial charge in [-0.2, -0.15) is 0 Å². The highest BCUT2D eigenvalue weighted by Gasteiger charge is 2.17. The summed E-state index contributed by atoms with van der Waals surface area (Å²) >= 11 is 0. The van der Waals surface area contributed by atoms with Crippen molar-refractivity contribution in [2.45, 2.75) is 32.9 Å². The molecule has 1 unspecified atom stereocenters. The van der Waals surface area contributed by atoms with E-state index in [1.807, 2.05) is 0 Å². The van der Waals surface area contributed by atoms with Crippen LogP contribution >= 0.6 is 0 Å². The summed E-state index contributed by atoms with van der Waals surface area (Å²) in [6.45, 7) is 4.20. The molecule has 2 nitrogen and oxygen atoms in total. The Kier molecular flexibility index (Phi) is 2.00. The monoisotopic (exact) mass is 177 g/mol. The maximum absolute atomic E-state index is 9.46. The van der Waals surface area contributed by atoms with Gasteiger partial charge in [0, 0.05) is 5.69 Å². The minimum absolute atomic E-state index is 0.368. The van der Waals surface area contributed by atoms with Crippen LogP contribution in [0.2, 0.25) is 0 Å². The molecular weight excluding hydrogens is 162 g/mol. The van der Waals surface area contributed by atoms with Crippen LogP contribution in [-0.4, -0.2) is 11.3 Å². The van der Waals surface area contributed by atoms with E-state index in [0.29, 0.717) is 0 Å². The molecular formula is C11H15NO. The number of hydrogen-bond donors (Lipinski definition) is 2. The molecule has 0 saturated heterocycles. The van der Waals surface area contributed by atoms with Crippen LogP contribution < -0.4 is 5.32 Å². The quantitative estimate of drug-likeness (QED) is 0.635. The predicted octanol–water partition coefficient (Wildman–Crippen LogP) is 1.98. The van der Waals surface area contributed by atoms with E-state index in [2.05, 4.69) is 31.3 Å². The molecule has 1 aromatic rings. The first kappa shape index (κ1) is 8.57. The third-order valence-electron chi connectivity index (χ3n) is 2.73. The minimum atomic E-state index is -0.368. The van der Waals surface area contributed by atoms with Crippen molar-refractivity contribution in [3.05, 3.63) is 28.8 Å². The largest absolute Gasteiger partial charge is 0.374 e. The SMILES string of the molecule is Cc1ccc(C)c2c1CCC(O)N2. The van der Waals surface area contributed by atoms with Crippen molar-refractivity contribution in [3.63, 3.8) is 0 Å². The van der Waals surface area contributed by atoms with Crippen LogP contribution in [0.15, 0.2) is 12.1 Å². The van der Waals surface area contributed by atoms with Crippen molar-refractivity contribution in [1.29, 1.82) is 0 Å². The van der Waals surface area contributed by atoms with Crippen LogP contribution in [0.3, 0.4) is 0 Å². The highest BCUT2D eigenvalue weighted by atomic mass is 16.3. The van der Waals surface area contributed by atoms with Gasteiger partial charge in [0.15, 0.2) is 0 Å². The van der Waals surface area contributed by atoms with Gasteiger partial charge in [-0.3, -0.25) is 0 Å². The molecule has 0 bridgehead atoms. The molecule has 2 N–H and O–H groups in total. The van der Waals surface area contributed by atoms with Crippen molar-refractivity contribution in [3.8, 4) is 0 Å². The number of aryl methyl sites for hydroxylation is 2. The summed E-state index contributed by atoms with van der Waals surface area (Å²) in [5.41, 5.74) is 5.04. The van der Waals surface area contributed by atoms with Crippen molar-refractivity contribution in [1.82, 2.24) is 0 Å². The number of anilines is 1. The van der Waals surface area contributed by atoms with Crippen LogP contribution in [-0.2, 0) is 6.42 Å². The summed E-state index contributed by atoms with van der Waals surface area (Å²) < 4.78 is 0. The van der Waals surface area contributed by atoms with Crippen molar-refractivity contribution < 1.29 is 5.11 Å². The van der Waals surface area contributed by atoms with Crippen LogP contribution in [0.5, 0.6) is 0 Å². The highest BCUT2D eigenvalue weighted by molar-refractivity contribution is 5.61. The molecule has 1 aromatic carbocycles. The summed E-state index contributed by atoms with van der Waals surface area (Å²) in [7, 11) is 0. The first-order valence-corrected chi connectivity index (χ1v) is 4.72. The Morgan fingerprint density at radius 2 is 2.00 bits per heavy atom. The van der Waals surface area contributed by atoms with Crippen LogP contribution in [0.25, 0.3) is 0 Å². The van der Waals surface area contributed by atoms with E-state index >= 15 is 0 Å². The standard InChI is InChI=1S/C11H15NO/c1-7-3-4-8(2)11-9(7)5-6-10(13)12-11/h3-4,10,12-13H,5-6H2,1-2H3. The second-order valence-electron chi connectivity index (χ2n) is 3.75. The lowest BCUT2D eigenvalue weighted by atomic mass is 9.95. The summed E-state index contributed by atoms with van der Waals surface area (Å²) in [5, 5.41) is 12.6. The molecule has 13 heavy (non-hydrogen) atoms. The first-order valence-electron chi connectivity index (χ1n) is 4.72. The summed E-state index contributed by atoms with van der Waals surface area (Å²) in [4.78, 5) is 0. The van der Waals surface area contributed by atoms with Gasteiger partial charge in [0.2, 0.25) is 0 Å². The van der Waals surface area contributed by atoms with Gasteiger partial charge in [-0.1, -0.05) is 12.1 Å². The summed E-state index contributed by atoms with van der Waals surface area (Å²) in [6.07, 6.45) is 1.43. The Balaban J connectivity index is 2.51. The molecule has 0 fully saturated rings. The number of aliphatic hydroxyl groups is 1. The van der Waals surface area contributed by atoms with Gasteiger partial charge in [-0.15, -0.1) is 0 Å². The lowest BCUT2D eigenvalue weighted by molar-refractivity contribution is 0.189. The van der Waals surface area contributed by atoms with Gasteiger partial charge in [0.1, 0.15) is 6.23 Å². The molecule has 2 rings (SSSR count). The second kappa shape index (κ2) is 3.04. The summed E-state index contributed by atoms with van der Waals surface area (Å²) in [6, 6.07) is 4.24. The number of benzene rings is 1. The third-order valence-corrected chi connectivity index (χ3v) is 2.73. The topological polar surface area (TPSA) is 32.3 Å². The van der Waals surface area contributed by atoms with Crippen LogP contribution in [0, 0.1) is 13.8 Å². The average Bonchev–Trinajstić information content (AvgIpc) is 2.12. The van der Waals surface area contributed by atoms with Gasteiger partial charge in [-0.25, -0.2) is 0 Å². The van der Waals surface area contributed by atoms with E-state index in [1.54, 1.807) is 0 Å². The summed E-state index contributed by atoms with van der Waals surface area (Å²) in [5.74, 6) is 0. The van der Waals surface area contributed by atoms with Crippen molar-refractivity contribution in [2.24, 2.45) is 0 Å². The Morgan fingerprint density at radius 3 is 2.77 bits per heavy atom. The molecule has 0 saturated carbocycles. The number of fused-ring (bicyclic) bond motifs is 1. The van der Waals surface area contributed by atoms with E-state index in [1.165, 1.54) is 16.7 Å². The molecule has 0 spiro atoms. The molecule has 1 atom stereocenters. The lowest BCUT2D eigenvalue weighted by Crippen LogP contribution is -2.25. The fourth-order valence-corrected chi connectivity index (χ4v) is 1.91. The Bertz CT molecular complexity index is 333. The van der Waals surface area contributed by atoms with E-state index < -0.39 is 0 Å². The van der Waals surface area contributed by atoms with Gasteiger partial charge >= 0.3 is 0 Å². The molecule has 70 valence electrons. The zero-order chi connectivity index (χ0) is 9.42. The molecule has 1 aliphatic rings.